The lowest BCUT2D eigenvalue weighted by atomic mass is 10.1. The second-order valence-electron chi connectivity index (χ2n) is 6.29. The van der Waals surface area contributed by atoms with Gasteiger partial charge < -0.3 is 24.3 Å². The Morgan fingerprint density at radius 2 is 1.52 bits per heavy atom. The Bertz CT molecular complexity index is 841. The van der Waals surface area contributed by atoms with Gasteiger partial charge in [-0.3, -0.25) is 4.79 Å². The Labute approximate surface area is 162 Å². The van der Waals surface area contributed by atoms with Gasteiger partial charge in [0.05, 0.1) is 11.8 Å². The minimum Gasteiger partial charge on any atom is -0.486 e. The SMILES string of the molecule is C[C@@H](NC(=O)CSc1ccc2c(c1)OCCO2)c1ccc2c(c1)OCCO2. The number of hydrogen-bond donors (Lipinski definition) is 1. The zero-order chi connectivity index (χ0) is 18.6. The maximum atomic E-state index is 12.3. The molecule has 2 aromatic carbocycles. The molecular weight excluding hydrogens is 366 g/mol. The molecule has 0 unspecified atom stereocenters. The van der Waals surface area contributed by atoms with Crippen LogP contribution in [0.1, 0.15) is 18.5 Å². The fourth-order valence-corrected chi connectivity index (χ4v) is 3.69. The molecule has 2 aromatic rings. The molecule has 0 radical (unpaired) electrons. The number of fused-ring (bicyclic) bond motifs is 2. The number of carbonyl (C=O) groups excluding carboxylic acids is 1. The number of thioether (sulfide) groups is 1. The lowest BCUT2D eigenvalue weighted by Crippen LogP contribution is -2.28. The Morgan fingerprint density at radius 1 is 0.926 bits per heavy atom. The van der Waals surface area contributed by atoms with E-state index in [-0.39, 0.29) is 11.9 Å². The fourth-order valence-electron chi connectivity index (χ4n) is 2.96. The van der Waals surface area contributed by atoms with E-state index in [1.165, 1.54) is 11.8 Å². The highest BCUT2D eigenvalue weighted by Crippen LogP contribution is 2.34. The van der Waals surface area contributed by atoms with Gasteiger partial charge in [0.25, 0.3) is 0 Å². The van der Waals surface area contributed by atoms with Crippen LogP contribution in [0.5, 0.6) is 23.0 Å². The van der Waals surface area contributed by atoms with Crippen molar-refractivity contribution < 1.29 is 23.7 Å². The summed E-state index contributed by atoms with van der Waals surface area (Å²) in [7, 11) is 0. The van der Waals surface area contributed by atoms with Crippen molar-refractivity contribution in [2.75, 3.05) is 32.2 Å². The van der Waals surface area contributed by atoms with E-state index in [0.29, 0.717) is 32.2 Å². The minimum atomic E-state index is -0.116. The quantitative estimate of drug-likeness (QED) is 0.795. The number of rotatable bonds is 5. The summed E-state index contributed by atoms with van der Waals surface area (Å²) >= 11 is 1.47. The maximum Gasteiger partial charge on any atom is 0.230 e. The topological polar surface area (TPSA) is 66.0 Å². The van der Waals surface area contributed by atoms with Crippen LogP contribution in [0.4, 0.5) is 0 Å². The average Bonchev–Trinajstić information content (AvgIpc) is 2.71. The van der Waals surface area contributed by atoms with Gasteiger partial charge in [0.2, 0.25) is 5.91 Å². The molecule has 2 aliphatic heterocycles. The second-order valence-corrected chi connectivity index (χ2v) is 7.34. The molecule has 0 bridgehead atoms. The molecule has 2 heterocycles. The first-order chi connectivity index (χ1) is 13.2. The molecule has 0 saturated heterocycles. The van der Waals surface area contributed by atoms with Crippen LogP contribution in [0.15, 0.2) is 41.3 Å². The summed E-state index contributed by atoms with van der Waals surface area (Å²) < 4.78 is 22.2. The number of hydrogen-bond acceptors (Lipinski definition) is 6. The van der Waals surface area contributed by atoms with Gasteiger partial charge >= 0.3 is 0 Å². The first-order valence-electron chi connectivity index (χ1n) is 8.90. The molecule has 142 valence electrons. The Kier molecular flexibility index (Phi) is 5.29. The van der Waals surface area contributed by atoms with Crippen LogP contribution in [0.3, 0.4) is 0 Å². The fraction of sp³-hybridized carbons (Fsp3) is 0.350. The van der Waals surface area contributed by atoms with Crippen LogP contribution in [-0.4, -0.2) is 38.1 Å². The summed E-state index contributed by atoms with van der Waals surface area (Å²) in [6.45, 7) is 4.19. The van der Waals surface area contributed by atoms with Crippen LogP contribution in [-0.2, 0) is 4.79 Å². The van der Waals surface area contributed by atoms with Crippen LogP contribution < -0.4 is 24.3 Å². The monoisotopic (exact) mass is 387 g/mol. The number of ether oxygens (including phenoxy) is 4. The summed E-state index contributed by atoms with van der Waals surface area (Å²) in [6, 6.07) is 11.4. The van der Waals surface area contributed by atoms with Crippen LogP contribution in [0.25, 0.3) is 0 Å². The van der Waals surface area contributed by atoms with E-state index in [9.17, 15) is 4.79 Å². The zero-order valence-corrected chi connectivity index (χ0v) is 15.8. The molecule has 2 aliphatic rings. The molecule has 0 fully saturated rings. The molecule has 0 spiro atoms. The minimum absolute atomic E-state index is 0.0303. The zero-order valence-electron chi connectivity index (χ0n) is 15.0. The molecular formula is C20H21NO5S. The third-order valence-electron chi connectivity index (χ3n) is 4.33. The molecule has 1 N–H and O–H groups in total. The average molecular weight is 387 g/mol. The predicted molar refractivity (Wildman–Crippen MR) is 102 cm³/mol. The number of carbonyl (C=O) groups is 1. The highest BCUT2D eigenvalue weighted by Gasteiger charge is 2.17. The lowest BCUT2D eigenvalue weighted by Gasteiger charge is -2.21. The van der Waals surface area contributed by atoms with Crippen LogP contribution >= 0.6 is 11.8 Å². The van der Waals surface area contributed by atoms with Crippen molar-refractivity contribution in [2.45, 2.75) is 17.9 Å². The summed E-state index contributed by atoms with van der Waals surface area (Å²) in [5.74, 6) is 3.26. The summed E-state index contributed by atoms with van der Waals surface area (Å²) in [5.41, 5.74) is 0.983. The molecule has 6 nitrogen and oxygen atoms in total. The predicted octanol–water partition coefficient (Wildman–Crippen LogP) is 3.20. The van der Waals surface area contributed by atoms with Crippen molar-refractivity contribution in [3.63, 3.8) is 0 Å². The first kappa shape index (κ1) is 17.9. The third kappa shape index (κ3) is 4.24. The highest BCUT2D eigenvalue weighted by atomic mass is 32.2. The van der Waals surface area contributed by atoms with Gasteiger partial charge in [-0.2, -0.15) is 0 Å². The van der Waals surface area contributed by atoms with Gasteiger partial charge in [0, 0.05) is 4.90 Å². The largest absolute Gasteiger partial charge is 0.486 e. The van der Waals surface area contributed by atoms with Gasteiger partial charge in [0.1, 0.15) is 26.4 Å². The number of nitrogens with one attached hydrogen (secondary N) is 1. The normalized spacial score (nSPS) is 15.7. The van der Waals surface area contributed by atoms with E-state index in [1.807, 2.05) is 43.3 Å². The van der Waals surface area contributed by atoms with Gasteiger partial charge in [-0.25, -0.2) is 0 Å². The molecule has 0 aromatic heterocycles. The van der Waals surface area contributed by atoms with E-state index in [4.69, 9.17) is 18.9 Å². The van der Waals surface area contributed by atoms with Crippen molar-refractivity contribution >= 4 is 17.7 Å². The Morgan fingerprint density at radius 3 is 2.22 bits per heavy atom. The standard InChI is InChI=1S/C20H21NO5S/c1-13(14-2-4-16-18(10-14)25-8-6-23-16)21-20(22)12-27-15-3-5-17-19(11-15)26-9-7-24-17/h2-5,10-11,13H,6-9,12H2,1H3,(H,21,22)/t13-/m1/s1. The third-order valence-corrected chi connectivity index (χ3v) is 5.32. The lowest BCUT2D eigenvalue weighted by molar-refractivity contribution is -0.119. The Balaban J connectivity index is 1.32. The van der Waals surface area contributed by atoms with Crippen molar-refractivity contribution in [2.24, 2.45) is 0 Å². The van der Waals surface area contributed by atoms with Gasteiger partial charge in [-0.1, -0.05) is 6.07 Å². The van der Waals surface area contributed by atoms with Crippen LogP contribution in [0.2, 0.25) is 0 Å². The highest BCUT2D eigenvalue weighted by molar-refractivity contribution is 8.00. The van der Waals surface area contributed by atoms with E-state index in [2.05, 4.69) is 5.32 Å². The van der Waals surface area contributed by atoms with Crippen molar-refractivity contribution in [3.05, 3.63) is 42.0 Å². The first-order valence-corrected chi connectivity index (χ1v) is 9.89. The van der Waals surface area contributed by atoms with E-state index in [1.54, 1.807) is 0 Å². The van der Waals surface area contributed by atoms with Crippen LogP contribution in [0, 0.1) is 0 Å². The van der Waals surface area contributed by atoms with E-state index in [0.717, 1.165) is 33.5 Å². The van der Waals surface area contributed by atoms with Crippen molar-refractivity contribution in [1.29, 1.82) is 0 Å². The smallest absolute Gasteiger partial charge is 0.230 e. The second kappa shape index (κ2) is 8.00. The maximum absolute atomic E-state index is 12.3. The molecule has 27 heavy (non-hydrogen) atoms. The van der Waals surface area contributed by atoms with E-state index >= 15 is 0 Å². The molecule has 0 aliphatic carbocycles. The number of benzene rings is 2. The summed E-state index contributed by atoms with van der Waals surface area (Å²) in [4.78, 5) is 13.3. The van der Waals surface area contributed by atoms with Gasteiger partial charge in [-0.05, 0) is 42.8 Å². The molecule has 1 atom stereocenters. The van der Waals surface area contributed by atoms with E-state index < -0.39 is 0 Å². The van der Waals surface area contributed by atoms with Gasteiger partial charge in [0.15, 0.2) is 23.0 Å². The molecule has 4 rings (SSSR count). The molecule has 7 heteroatoms. The molecule has 1 amide bonds. The Hall–Kier alpha value is -2.54. The summed E-state index contributed by atoms with van der Waals surface area (Å²) in [5, 5.41) is 3.02. The van der Waals surface area contributed by atoms with Crippen molar-refractivity contribution in [1.82, 2.24) is 5.32 Å². The summed E-state index contributed by atoms with van der Waals surface area (Å²) in [6.07, 6.45) is 0. The van der Waals surface area contributed by atoms with Gasteiger partial charge in [-0.15, -0.1) is 11.8 Å². The number of amides is 1. The molecule has 0 saturated carbocycles. The van der Waals surface area contributed by atoms with Crippen molar-refractivity contribution in [3.8, 4) is 23.0 Å².